The zero-order valence-corrected chi connectivity index (χ0v) is 13.1. The first-order chi connectivity index (χ1) is 10.3. The van der Waals surface area contributed by atoms with E-state index in [4.69, 9.17) is 18.9 Å². The SMILES string of the molecule is CNC(C)c1cccnc1OCCOCCOCCOC. The molecule has 0 amide bonds. The van der Waals surface area contributed by atoms with Crippen LogP contribution in [0.25, 0.3) is 0 Å². The molecule has 0 aliphatic carbocycles. The third-order valence-corrected chi connectivity index (χ3v) is 2.97. The molecular formula is C15H26N2O4. The Morgan fingerprint density at radius 3 is 2.43 bits per heavy atom. The predicted molar refractivity (Wildman–Crippen MR) is 80.7 cm³/mol. The maximum atomic E-state index is 5.67. The fourth-order valence-corrected chi connectivity index (χ4v) is 1.67. The Bertz CT molecular complexity index is 376. The standard InChI is InChI=1S/C15H26N2O4/c1-13(16-2)14-5-4-6-17-15(14)21-12-11-20-10-9-19-8-7-18-3/h4-6,13,16H,7-12H2,1-3H3. The van der Waals surface area contributed by atoms with Crippen LogP contribution in [0.3, 0.4) is 0 Å². The molecule has 1 aromatic heterocycles. The van der Waals surface area contributed by atoms with Crippen molar-refractivity contribution in [2.45, 2.75) is 13.0 Å². The molecule has 120 valence electrons. The van der Waals surface area contributed by atoms with Crippen LogP contribution >= 0.6 is 0 Å². The molecule has 0 bridgehead atoms. The number of hydrogen-bond donors (Lipinski definition) is 1. The molecule has 1 rings (SSSR count). The number of nitrogens with one attached hydrogen (secondary N) is 1. The van der Waals surface area contributed by atoms with E-state index in [9.17, 15) is 0 Å². The second kappa shape index (κ2) is 11.4. The molecule has 6 heteroatoms. The van der Waals surface area contributed by atoms with E-state index in [-0.39, 0.29) is 6.04 Å². The smallest absolute Gasteiger partial charge is 0.218 e. The second-order valence-corrected chi connectivity index (χ2v) is 4.47. The van der Waals surface area contributed by atoms with E-state index in [0.29, 0.717) is 45.5 Å². The summed E-state index contributed by atoms with van der Waals surface area (Å²) in [5, 5.41) is 3.18. The maximum Gasteiger partial charge on any atom is 0.218 e. The maximum absolute atomic E-state index is 5.67. The van der Waals surface area contributed by atoms with Gasteiger partial charge in [-0.25, -0.2) is 4.98 Å². The topological polar surface area (TPSA) is 61.8 Å². The number of pyridine rings is 1. The minimum Gasteiger partial charge on any atom is -0.475 e. The van der Waals surface area contributed by atoms with E-state index in [1.807, 2.05) is 19.2 Å². The summed E-state index contributed by atoms with van der Waals surface area (Å²) in [4.78, 5) is 4.26. The molecule has 0 fully saturated rings. The van der Waals surface area contributed by atoms with Gasteiger partial charge in [0, 0.05) is 24.9 Å². The van der Waals surface area contributed by atoms with Crippen LogP contribution in [-0.4, -0.2) is 58.8 Å². The van der Waals surface area contributed by atoms with Gasteiger partial charge >= 0.3 is 0 Å². The molecule has 0 spiro atoms. The predicted octanol–water partition coefficient (Wildman–Crippen LogP) is 1.42. The summed E-state index contributed by atoms with van der Waals surface area (Å²) in [6.07, 6.45) is 1.73. The van der Waals surface area contributed by atoms with Gasteiger partial charge in [-0.2, -0.15) is 0 Å². The molecule has 1 aromatic rings. The molecule has 1 heterocycles. The number of hydrogen-bond acceptors (Lipinski definition) is 6. The lowest BCUT2D eigenvalue weighted by Crippen LogP contribution is -2.16. The quantitative estimate of drug-likeness (QED) is 0.589. The lowest BCUT2D eigenvalue weighted by molar-refractivity contribution is 0.0175. The van der Waals surface area contributed by atoms with Crippen LogP contribution in [0.4, 0.5) is 0 Å². The molecule has 6 nitrogen and oxygen atoms in total. The van der Waals surface area contributed by atoms with Crippen LogP contribution in [0.5, 0.6) is 5.88 Å². The summed E-state index contributed by atoms with van der Waals surface area (Å²) in [5.41, 5.74) is 1.04. The Morgan fingerprint density at radius 2 is 1.76 bits per heavy atom. The molecule has 0 aromatic carbocycles. The van der Waals surface area contributed by atoms with E-state index in [2.05, 4.69) is 17.2 Å². The van der Waals surface area contributed by atoms with E-state index in [1.165, 1.54) is 0 Å². The molecule has 1 unspecified atom stereocenters. The monoisotopic (exact) mass is 298 g/mol. The highest BCUT2D eigenvalue weighted by molar-refractivity contribution is 5.28. The first-order valence-corrected chi connectivity index (χ1v) is 7.19. The van der Waals surface area contributed by atoms with Gasteiger partial charge in [-0.3, -0.25) is 0 Å². The molecule has 1 atom stereocenters. The highest BCUT2D eigenvalue weighted by Crippen LogP contribution is 2.21. The Hall–Kier alpha value is -1.21. The van der Waals surface area contributed by atoms with Gasteiger partial charge in [0.25, 0.3) is 0 Å². The molecule has 21 heavy (non-hydrogen) atoms. The minimum absolute atomic E-state index is 0.198. The summed E-state index contributed by atoms with van der Waals surface area (Å²) in [6, 6.07) is 4.11. The van der Waals surface area contributed by atoms with E-state index in [0.717, 1.165) is 5.56 Å². The van der Waals surface area contributed by atoms with Crippen LogP contribution in [-0.2, 0) is 14.2 Å². The van der Waals surface area contributed by atoms with Crippen molar-refractivity contribution in [2.75, 3.05) is 53.8 Å². The van der Waals surface area contributed by atoms with Gasteiger partial charge in [0.15, 0.2) is 0 Å². The molecular weight excluding hydrogens is 272 g/mol. The van der Waals surface area contributed by atoms with E-state index in [1.54, 1.807) is 13.3 Å². The van der Waals surface area contributed by atoms with E-state index >= 15 is 0 Å². The van der Waals surface area contributed by atoms with Gasteiger partial charge in [-0.1, -0.05) is 6.07 Å². The Balaban J connectivity index is 2.15. The van der Waals surface area contributed by atoms with Crippen molar-refractivity contribution in [3.05, 3.63) is 23.9 Å². The van der Waals surface area contributed by atoms with Crippen LogP contribution in [0.1, 0.15) is 18.5 Å². The summed E-state index contributed by atoms with van der Waals surface area (Å²) in [5.74, 6) is 0.652. The number of methoxy groups -OCH3 is 1. The van der Waals surface area contributed by atoms with Crippen LogP contribution in [0.2, 0.25) is 0 Å². The van der Waals surface area contributed by atoms with Gasteiger partial charge in [-0.15, -0.1) is 0 Å². The summed E-state index contributed by atoms with van der Waals surface area (Å²) < 4.78 is 21.3. The summed E-state index contributed by atoms with van der Waals surface area (Å²) >= 11 is 0. The van der Waals surface area contributed by atoms with Gasteiger partial charge in [0.05, 0.1) is 33.0 Å². The minimum atomic E-state index is 0.198. The largest absolute Gasteiger partial charge is 0.475 e. The summed E-state index contributed by atoms with van der Waals surface area (Å²) in [6.45, 7) is 5.36. The lowest BCUT2D eigenvalue weighted by atomic mass is 10.1. The first kappa shape index (κ1) is 17.8. The normalized spacial score (nSPS) is 12.3. The van der Waals surface area contributed by atoms with Crippen molar-refractivity contribution in [3.8, 4) is 5.88 Å². The van der Waals surface area contributed by atoms with Crippen LogP contribution < -0.4 is 10.1 Å². The highest BCUT2D eigenvalue weighted by atomic mass is 16.6. The zero-order valence-electron chi connectivity index (χ0n) is 13.1. The second-order valence-electron chi connectivity index (χ2n) is 4.47. The number of rotatable bonds is 12. The van der Waals surface area contributed by atoms with E-state index < -0.39 is 0 Å². The lowest BCUT2D eigenvalue weighted by Gasteiger charge is -2.15. The van der Waals surface area contributed by atoms with Gasteiger partial charge in [0.1, 0.15) is 6.61 Å². The van der Waals surface area contributed by atoms with Crippen molar-refractivity contribution in [1.29, 1.82) is 0 Å². The van der Waals surface area contributed by atoms with Crippen LogP contribution in [0.15, 0.2) is 18.3 Å². The fraction of sp³-hybridized carbons (Fsp3) is 0.667. The number of aromatic nitrogens is 1. The Morgan fingerprint density at radius 1 is 1.10 bits per heavy atom. The molecule has 0 saturated heterocycles. The average Bonchev–Trinajstić information content (AvgIpc) is 2.53. The molecule has 0 saturated carbocycles. The third-order valence-electron chi connectivity index (χ3n) is 2.97. The Labute approximate surface area is 126 Å². The third kappa shape index (κ3) is 7.38. The highest BCUT2D eigenvalue weighted by Gasteiger charge is 2.10. The molecule has 0 aliphatic heterocycles. The fourth-order valence-electron chi connectivity index (χ4n) is 1.67. The van der Waals surface area contributed by atoms with Crippen molar-refractivity contribution >= 4 is 0 Å². The van der Waals surface area contributed by atoms with Gasteiger partial charge in [0.2, 0.25) is 5.88 Å². The average molecular weight is 298 g/mol. The van der Waals surface area contributed by atoms with Crippen molar-refractivity contribution < 1.29 is 18.9 Å². The Kier molecular flexibility index (Phi) is 9.73. The first-order valence-electron chi connectivity index (χ1n) is 7.19. The van der Waals surface area contributed by atoms with Crippen molar-refractivity contribution in [2.24, 2.45) is 0 Å². The van der Waals surface area contributed by atoms with Crippen molar-refractivity contribution in [1.82, 2.24) is 10.3 Å². The zero-order chi connectivity index (χ0) is 15.3. The van der Waals surface area contributed by atoms with Crippen molar-refractivity contribution in [3.63, 3.8) is 0 Å². The molecule has 1 N–H and O–H groups in total. The summed E-state index contributed by atoms with van der Waals surface area (Å²) in [7, 11) is 3.56. The number of ether oxygens (including phenoxy) is 4. The molecule has 0 aliphatic rings. The van der Waals surface area contributed by atoms with Gasteiger partial charge < -0.3 is 24.3 Å². The number of nitrogens with zero attached hydrogens (tertiary/aromatic N) is 1. The van der Waals surface area contributed by atoms with Gasteiger partial charge in [-0.05, 0) is 20.0 Å². The van der Waals surface area contributed by atoms with Crippen LogP contribution in [0, 0.1) is 0 Å². The molecule has 0 radical (unpaired) electrons.